The van der Waals surface area contributed by atoms with E-state index in [0.717, 1.165) is 18.4 Å². The van der Waals surface area contributed by atoms with Crippen LogP contribution in [-0.2, 0) is 0 Å². The molecule has 0 fully saturated rings. The normalized spacial score (nSPS) is 12.5. The van der Waals surface area contributed by atoms with E-state index in [9.17, 15) is 4.79 Å². The number of rotatable bonds is 6. The van der Waals surface area contributed by atoms with Gasteiger partial charge in [0.15, 0.2) is 0 Å². The first-order valence-electron chi connectivity index (χ1n) is 6.68. The highest BCUT2D eigenvalue weighted by Crippen LogP contribution is 2.10. The summed E-state index contributed by atoms with van der Waals surface area (Å²) in [6.07, 6.45) is 2.11. The minimum Gasteiger partial charge on any atom is -0.350 e. The molecule has 100 valence electrons. The Balaban J connectivity index is 2.48. The Morgan fingerprint density at radius 1 is 1.22 bits per heavy atom. The monoisotopic (exact) mass is 248 g/mol. The van der Waals surface area contributed by atoms with Crippen molar-refractivity contribution < 1.29 is 4.79 Å². The fraction of sp³-hybridized carbons (Fsp3) is 0.533. The first kappa shape index (κ1) is 14.7. The molecule has 0 heterocycles. The molecule has 0 saturated heterocycles. The topological polar surface area (TPSA) is 55.1 Å². The van der Waals surface area contributed by atoms with Crippen molar-refractivity contribution in [3.63, 3.8) is 0 Å². The SMILES string of the molecule is CCC(CC)C(N)CNC(=O)c1ccc(C)cc1. The summed E-state index contributed by atoms with van der Waals surface area (Å²) in [5, 5.41) is 2.90. The van der Waals surface area contributed by atoms with E-state index in [1.165, 1.54) is 0 Å². The lowest BCUT2D eigenvalue weighted by Gasteiger charge is -2.21. The molecule has 0 bridgehead atoms. The van der Waals surface area contributed by atoms with Crippen LogP contribution in [0.5, 0.6) is 0 Å². The lowest BCUT2D eigenvalue weighted by Crippen LogP contribution is -2.41. The average Bonchev–Trinajstić information content (AvgIpc) is 2.38. The van der Waals surface area contributed by atoms with E-state index < -0.39 is 0 Å². The summed E-state index contributed by atoms with van der Waals surface area (Å²) >= 11 is 0. The smallest absolute Gasteiger partial charge is 0.251 e. The number of benzene rings is 1. The van der Waals surface area contributed by atoms with E-state index in [0.29, 0.717) is 18.0 Å². The van der Waals surface area contributed by atoms with Crippen molar-refractivity contribution in [2.75, 3.05) is 6.54 Å². The maximum atomic E-state index is 11.9. The van der Waals surface area contributed by atoms with Gasteiger partial charge in [0, 0.05) is 18.2 Å². The molecule has 0 spiro atoms. The molecule has 1 amide bonds. The molecule has 1 aromatic carbocycles. The molecule has 1 atom stereocenters. The van der Waals surface area contributed by atoms with Gasteiger partial charge in [-0.3, -0.25) is 4.79 Å². The second kappa shape index (κ2) is 7.17. The fourth-order valence-corrected chi connectivity index (χ4v) is 2.08. The third kappa shape index (κ3) is 4.15. The number of nitrogens with one attached hydrogen (secondary N) is 1. The molecule has 0 aliphatic heterocycles. The largest absolute Gasteiger partial charge is 0.350 e. The Hall–Kier alpha value is -1.35. The molecule has 0 radical (unpaired) electrons. The van der Waals surface area contributed by atoms with Crippen molar-refractivity contribution in [1.29, 1.82) is 0 Å². The predicted octanol–water partition coefficient (Wildman–Crippen LogP) is 2.49. The van der Waals surface area contributed by atoms with Crippen LogP contribution in [0.25, 0.3) is 0 Å². The molecule has 1 rings (SSSR count). The van der Waals surface area contributed by atoms with Crippen molar-refractivity contribution in [3.8, 4) is 0 Å². The van der Waals surface area contributed by atoms with Crippen molar-refractivity contribution in [2.24, 2.45) is 11.7 Å². The molecule has 0 saturated carbocycles. The van der Waals surface area contributed by atoms with E-state index in [-0.39, 0.29) is 11.9 Å². The number of hydrogen-bond acceptors (Lipinski definition) is 2. The van der Waals surface area contributed by atoms with Gasteiger partial charge in [0.05, 0.1) is 0 Å². The molecular weight excluding hydrogens is 224 g/mol. The number of amides is 1. The zero-order chi connectivity index (χ0) is 13.5. The van der Waals surface area contributed by atoms with Crippen LogP contribution in [-0.4, -0.2) is 18.5 Å². The summed E-state index contributed by atoms with van der Waals surface area (Å²) in [5.41, 5.74) is 7.92. The highest BCUT2D eigenvalue weighted by atomic mass is 16.1. The number of nitrogens with two attached hydrogens (primary N) is 1. The zero-order valence-electron chi connectivity index (χ0n) is 11.6. The summed E-state index contributed by atoms with van der Waals surface area (Å²) in [6.45, 7) is 6.81. The molecule has 1 aromatic rings. The first-order chi connectivity index (χ1) is 8.58. The summed E-state index contributed by atoms with van der Waals surface area (Å²) in [4.78, 5) is 11.9. The van der Waals surface area contributed by atoms with Crippen molar-refractivity contribution >= 4 is 5.91 Å². The van der Waals surface area contributed by atoms with E-state index in [1.807, 2.05) is 31.2 Å². The predicted molar refractivity (Wildman–Crippen MR) is 75.6 cm³/mol. The van der Waals surface area contributed by atoms with Gasteiger partial charge >= 0.3 is 0 Å². The van der Waals surface area contributed by atoms with Crippen molar-refractivity contribution in [1.82, 2.24) is 5.32 Å². The van der Waals surface area contributed by atoms with Crippen LogP contribution >= 0.6 is 0 Å². The van der Waals surface area contributed by atoms with Gasteiger partial charge in [-0.05, 0) is 25.0 Å². The van der Waals surface area contributed by atoms with Crippen molar-refractivity contribution in [2.45, 2.75) is 39.7 Å². The van der Waals surface area contributed by atoms with Crippen molar-refractivity contribution in [3.05, 3.63) is 35.4 Å². The Kier molecular flexibility index (Phi) is 5.86. The van der Waals surface area contributed by atoms with Crippen LogP contribution in [0.15, 0.2) is 24.3 Å². The maximum absolute atomic E-state index is 11.9. The molecule has 0 aromatic heterocycles. The quantitative estimate of drug-likeness (QED) is 0.812. The van der Waals surface area contributed by atoms with Gasteiger partial charge in [-0.25, -0.2) is 0 Å². The highest BCUT2D eigenvalue weighted by molar-refractivity contribution is 5.94. The van der Waals surface area contributed by atoms with Crippen LogP contribution in [0.4, 0.5) is 0 Å². The van der Waals surface area contributed by atoms with Gasteiger partial charge < -0.3 is 11.1 Å². The van der Waals surface area contributed by atoms with Gasteiger partial charge in [-0.1, -0.05) is 44.4 Å². The summed E-state index contributed by atoms with van der Waals surface area (Å²) in [6, 6.07) is 7.60. The standard InChI is InChI=1S/C15H24N2O/c1-4-12(5-2)14(16)10-17-15(18)13-8-6-11(3)7-9-13/h6-9,12,14H,4-5,10,16H2,1-3H3,(H,17,18). The van der Waals surface area contributed by atoms with Crippen LogP contribution in [0.3, 0.4) is 0 Å². The van der Waals surface area contributed by atoms with E-state index >= 15 is 0 Å². The summed E-state index contributed by atoms with van der Waals surface area (Å²) in [7, 11) is 0. The molecule has 1 unspecified atom stereocenters. The Morgan fingerprint density at radius 3 is 2.28 bits per heavy atom. The molecule has 0 aliphatic carbocycles. The van der Waals surface area contributed by atoms with Crippen LogP contribution in [0.1, 0.15) is 42.6 Å². The molecule has 3 N–H and O–H groups in total. The molecule has 0 aliphatic rings. The summed E-state index contributed by atoms with van der Waals surface area (Å²) in [5.74, 6) is 0.430. The zero-order valence-corrected chi connectivity index (χ0v) is 11.6. The lowest BCUT2D eigenvalue weighted by atomic mass is 9.95. The Labute approximate surface area is 110 Å². The number of carbonyl (C=O) groups excluding carboxylic acids is 1. The second-order valence-electron chi connectivity index (χ2n) is 4.82. The fourth-order valence-electron chi connectivity index (χ4n) is 2.08. The van der Waals surface area contributed by atoms with E-state index in [1.54, 1.807) is 0 Å². The van der Waals surface area contributed by atoms with Crippen LogP contribution in [0, 0.1) is 12.8 Å². The minimum absolute atomic E-state index is 0.0365. The third-order valence-corrected chi connectivity index (χ3v) is 3.47. The molecular formula is C15H24N2O. The molecule has 3 heteroatoms. The van der Waals surface area contributed by atoms with E-state index in [4.69, 9.17) is 5.73 Å². The van der Waals surface area contributed by atoms with Gasteiger partial charge in [0.2, 0.25) is 0 Å². The third-order valence-electron chi connectivity index (χ3n) is 3.47. The number of carbonyl (C=O) groups is 1. The van der Waals surface area contributed by atoms with Gasteiger partial charge in [-0.2, -0.15) is 0 Å². The second-order valence-corrected chi connectivity index (χ2v) is 4.82. The highest BCUT2D eigenvalue weighted by Gasteiger charge is 2.15. The van der Waals surface area contributed by atoms with Crippen LogP contribution in [0.2, 0.25) is 0 Å². The van der Waals surface area contributed by atoms with Crippen LogP contribution < -0.4 is 11.1 Å². The Morgan fingerprint density at radius 2 is 1.78 bits per heavy atom. The maximum Gasteiger partial charge on any atom is 0.251 e. The minimum atomic E-state index is -0.0450. The lowest BCUT2D eigenvalue weighted by molar-refractivity contribution is 0.0948. The van der Waals surface area contributed by atoms with Gasteiger partial charge in [0.1, 0.15) is 0 Å². The number of hydrogen-bond donors (Lipinski definition) is 2. The van der Waals surface area contributed by atoms with E-state index in [2.05, 4.69) is 19.2 Å². The molecule has 18 heavy (non-hydrogen) atoms. The molecule has 3 nitrogen and oxygen atoms in total. The Bertz CT molecular complexity index is 369. The first-order valence-corrected chi connectivity index (χ1v) is 6.68. The van der Waals surface area contributed by atoms with Gasteiger partial charge in [0.25, 0.3) is 5.91 Å². The summed E-state index contributed by atoms with van der Waals surface area (Å²) < 4.78 is 0. The number of aryl methyl sites for hydroxylation is 1. The van der Waals surface area contributed by atoms with Gasteiger partial charge in [-0.15, -0.1) is 0 Å². The average molecular weight is 248 g/mol.